The van der Waals surface area contributed by atoms with E-state index >= 15 is 0 Å². The molecule has 1 N–H and O–H groups in total. The van der Waals surface area contributed by atoms with Crippen molar-refractivity contribution in [3.63, 3.8) is 0 Å². The molecule has 0 aliphatic carbocycles. The van der Waals surface area contributed by atoms with Gasteiger partial charge in [0.25, 0.3) is 5.91 Å². The number of carbonyl (C=O) groups excluding carboxylic acids is 1. The number of nitrogens with zero attached hydrogens (tertiary/aromatic N) is 1. The minimum absolute atomic E-state index is 0.106. The van der Waals surface area contributed by atoms with E-state index in [1.54, 1.807) is 18.0 Å². The summed E-state index contributed by atoms with van der Waals surface area (Å²) in [4.78, 5) is 14.3. The van der Waals surface area contributed by atoms with Crippen molar-refractivity contribution in [3.8, 4) is 0 Å². The standard InChI is InChI=1S/C17H18N2OS2/c1-13(22-16-6-4-3-5-7-16)17(20)19-18-12-14-8-10-15(21-2)11-9-14/h3-13H,1-2H3,(H,19,20)/b18-12+. The molecule has 1 atom stereocenters. The summed E-state index contributed by atoms with van der Waals surface area (Å²) in [7, 11) is 0. The number of thioether (sulfide) groups is 2. The first-order chi connectivity index (χ1) is 10.7. The van der Waals surface area contributed by atoms with Crippen molar-refractivity contribution in [3.05, 3.63) is 60.2 Å². The summed E-state index contributed by atoms with van der Waals surface area (Å²) >= 11 is 3.21. The van der Waals surface area contributed by atoms with Crippen molar-refractivity contribution >= 4 is 35.6 Å². The van der Waals surface area contributed by atoms with Crippen molar-refractivity contribution in [1.82, 2.24) is 5.43 Å². The summed E-state index contributed by atoms with van der Waals surface area (Å²) in [6, 6.07) is 17.9. The van der Waals surface area contributed by atoms with Gasteiger partial charge in [0.15, 0.2) is 0 Å². The molecule has 0 fully saturated rings. The first-order valence-electron chi connectivity index (χ1n) is 6.87. The van der Waals surface area contributed by atoms with E-state index in [1.165, 1.54) is 16.7 Å². The highest BCUT2D eigenvalue weighted by molar-refractivity contribution is 8.00. The molecule has 1 unspecified atom stereocenters. The summed E-state index contributed by atoms with van der Waals surface area (Å²) in [5.74, 6) is -0.106. The number of benzene rings is 2. The average Bonchev–Trinajstić information content (AvgIpc) is 2.56. The molecule has 0 aliphatic heterocycles. The maximum Gasteiger partial charge on any atom is 0.253 e. The van der Waals surface area contributed by atoms with E-state index < -0.39 is 0 Å². The van der Waals surface area contributed by atoms with E-state index in [2.05, 4.69) is 10.5 Å². The molecule has 0 aliphatic rings. The molecular formula is C17H18N2OS2. The van der Waals surface area contributed by atoms with Gasteiger partial charge in [-0.3, -0.25) is 4.79 Å². The van der Waals surface area contributed by atoms with Gasteiger partial charge in [-0.2, -0.15) is 5.10 Å². The Morgan fingerprint density at radius 2 is 1.77 bits per heavy atom. The van der Waals surface area contributed by atoms with Gasteiger partial charge in [-0.15, -0.1) is 23.5 Å². The van der Waals surface area contributed by atoms with Gasteiger partial charge in [-0.05, 0) is 43.0 Å². The SMILES string of the molecule is CSc1ccc(/C=N/NC(=O)C(C)Sc2ccccc2)cc1. The van der Waals surface area contributed by atoms with E-state index in [9.17, 15) is 4.79 Å². The lowest BCUT2D eigenvalue weighted by Gasteiger charge is -2.08. The van der Waals surface area contributed by atoms with Crippen LogP contribution < -0.4 is 5.43 Å². The second kappa shape index (κ2) is 8.66. The lowest BCUT2D eigenvalue weighted by Crippen LogP contribution is -2.26. The van der Waals surface area contributed by atoms with Crippen LogP contribution in [0.2, 0.25) is 0 Å². The van der Waals surface area contributed by atoms with Crippen LogP contribution in [0.1, 0.15) is 12.5 Å². The van der Waals surface area contributed by atoms with Crippen molar-refractivity contribution in [2.24, 2.45) is 5.10 Å². The first kappa shape index (κ1) is 16.6. The van der Waals surface area contributed by atoms with Gasteiger partial charge in [0.05, 0.1) is 11.5 Å². The van der Waals surface area contributed by atoms with E-state index in [1.807, 2.05) is 67.8 Å². The molecular weight excluding hydrogens is 312 g/mol. The summed E-state index contributed by atoms with van der Waals surface area (Å²) in [5, 5.41) is 3.82. The molecule has 0 spiro atoms. The highest BCUT2D eigenvalue weighted by Gasteiger charge is 2.13. The maximum absolute atomic E-state index is 12.0. The highest BCUT2D eigenvalue weighted by atomic mass is 32.2. The van der Waals surface area contributed by atoms with Crippen LogP contribution in [0.5, 0.6) is 0 Å². The number of amides is 1. The number of carbonyl (C=O) groups is 1. The Morgan fingerprint density at radius 1 is 1.09 bits per heavy atom. The normalized spacial score (nSPS) is 12.3. The van der Waals surface area contributed by atoms with Crippen LogP contribution in [0.25, 0.3) is 0 Å². The Labute approximate surface area is 139 Å². The fraction of sp³-hybridized carbons (Fsp3) is 0.176. The van der Waals surface area contributed by atoms with Gasteiger partial charge in [0, 0.05) is 9.79 Å². The Hall–Kier alpha value is -1.72. The third-order valence-electron chi connectivity index (χ3n) is 2.93. The van der Waals surface area contributed by atoms with Crippen LogP contribution >= 0.6 is 23.5 Å². The molecule has 114 valence electrons. The second-order valence-corrected chi connectivity index (χ2v) is 6.87. The number of hydrazone groups is 1. The number of nitrogens with one attached hydrogen (secondary N) is 1. The quantitative estimate of drug-likeness (QED) is 0.494. The Balaban J connectivity index is 1.84. The lowest BCUT2D eigenvalue weighted by atomic mass is 10.2. The molecule has 2 aromatic carbocycles. The van der Waals surface area contributed by atoms with Crippen LogP contribution in [-0.2, 0) is 4.79 Å². The molecule has 3 nitrogen and oxygen atoms in total. The van der Waals surface area contributed by atoms with E-state index in [-0.39, 0.29) is 11.2 Å². The van der Waals surface area contributed by atoms with Crippen LogP contribution in [0, 0.1) is 0 Å². The third kappa shape index (κ3) is 5.24. The zero-order chi connectivity index (χ0) is 15.8. The van der Waals surface area contributed by atoms with Crippen LogP contribution in [0.4, 0.5) is 0 Å². The smallest absolute Gasteiger partial charge is 0.253 e. The van der Waals surface area contributed by atoms with Gasteiger partial charge in [-0.1, -0.05) is 30.3 Å². The Bertz CT molecular complexity index is 627. The van der Waals surface area contributed by atoms with Gasteiger partial charge in [0.1, 0.15) is 0 Å². The first-order valence-corrected chi connectivity index (χ1v) is 8.98. The monoisotopic (exact) mass is 330 g/mol. The molecule has 0 saturated heterocycles. The number of rotatable bonds is 6. The summed E-state index contributed by atoms with van der Waals surface area (Å²) < 4.78 is 0. The second-order valence-electron chi connectivity index (χ2n) is 4.58. The molecule has 1 amide bonds. The van der Waals surface area contributed by atoms with Gasteiger partial charge in [-0.25, -0.2) is 5.43 Å². The number of hydrogen-bond donors (Lipinski definition) is 1. The highest BCUT2D eigenvalue weighted by Crippen LogP contribution is 2.22. The fourth-order valence-corrected chi connectivity index (χ4v) is 3.00. The largest absolute Gasteiger partial charge is 0.272 e. The maximum atomic E-state index is 12.0. The molecule has 0 radical (unpaired) electrons. The summed E-state index contributed by atoms with van der Waals surface area (Å²) in [6.45, 7) is 1.87. The predicted octanol–water partition coefficient (Wildman–Crippen LogP) is 4.04. The Morgan fingerprint density at radius 3 is 2.41 bits per heavy atom. The number of hydrogen-bond acceptors (Lipinski definition) is 4. The molecule has 2 rings (SSSR count). The van der Waals surface area contributed by atoms with E-state index in [0.717, 1.165) is 10.5 Å². The molecule has 2 aromatic rings. The van der Waals surface area contributed by atoms with E-state index in [4.69, 9.17) is 0 Å². The summed E-state index contributed by atoms with van der Waals surface area (Å²) in [6.07, 6.45) is 3.69. The van der Waals surface area contributed by atoms with Crippen molar-refractivity contribution in [2.45, 2.75) is 22.0 Å². The van der Waals surface area contributed by atoms with Gasteiger partial charge < -0.3 is 0 Å². The molecule has 0 aromatic heterocycles. The zero-order valence-electron chi connectivity index (χ0n) is 12.5. The van der Waals surface area contributed by atoms with Crippen molar-refractivity contribution < 1.29 is 4.79 Å². The van der Waals surface area contributed by atoms with Crippen molar-refractivity contribution in [2.75, 3.05) is 6.26 Å². The summed E-state index contributed by atoms with van der Waals surface area (Å²) in [5.41, 5.74) is 3.54. The molecule has 0 saturated carbocycles. The minimum atomic E-state index is -0.196. The predicted molar refractivity (Wildman–Crippen MR) is 95.7 cm³/mol. The van der Waals surface area contributed by atoms with Gasteiger partial charge >= 0.3 is 0 Å². The molecule has 5 heteroatoms. The molecule has 0 bridgehead atoms. The van der Waals surface area contributed by atoms with Crippen LogP contribution in [-0.4, -0.2) is 23.6 Å². The lowest BCUT2D eigenvalue weighted by molar-refractivity contribution is -0.120. The molecule has 22 heavy (non-hydrogen) atoms. The average molecular weight is 330 g/mol. The van der Waals surface area contributed by atoms with Gasteiger partial charge in [0.2, 0.25) is 0 Å². The zero-order valence-corrected chi connectivity index (χ0v) is 14.2. The van der Waals surface area contributed by atoms with E-state index in [0.29, 0.717) is 0 Å². The minimum Gasteiger partial charge on any atom is -0.272 e. The van der Waals surface area contributed by atoms with Crippen LogP contribution in [0.15, 0.2) is 69.5 Å². The topological polar surface area (TPSA) is 41.5 Å². The van der Waals surface area contributed by atoms with Crippen molar-refractivity contribution in [1.29, 1.82) is 0 Å². The van der Waals surface area contributed by atoms with Crippen LogP contribution in [0.3, 0.4) is 0 Å². The fourth-order valence-electron chi connectivity index (χ4n) is 1.71. The Kier molecular flexibility index (Phi) is 6.55. The molecule has 0 heterocycles. The third-order valence-corrected chi connectivity index (χ3v) is 4.78.